The van der Waals surface area contributed by atoms with Gasteiger partial charge in [-0.3, -0.25) is 4.79 Å². The molecule has 2 rings (SSSR count). The Bertz CT molecular complexity index is 776. The zero-order chi connectivity index (χ0) is 18.4. The van der Waals surface area contributed by atoms with Gasteiger partial charge in [0.25, 0.3) is 5.03 Å². The smallest absolute Gasteiger partial charge is 0.345 e. The maximum absolute atomic E-state index is 12.1. The minimum Gasteiger partial charge on any atom is -0.618 e. The summed E-state index contributed by atoms with van der Waals surface area (Å²) in [5.74, 6) is -0.883. The Morgan fingerprint density at radius 3 is 2.72 bits per heavy atom. The van der Waals surface area contributed by atoms with Crippen LogP contribution in [-0.4, -0.2) is 30.1 Å². The third-order valence-corrected chi connectivity index (χ3v) is 5.39. The highest BCUT2D eigenvalue weighted by atomic mass is 32.2. The van der Waals surface area contributed by atoms with Gasteiger partial charge in [0.05, 0.1) is 25.3 Å². The number of hydrogen-bond acceptors (Lipinski definition) is 8. The molecule has 2 heterocycles. The van der Waals surface area contributed by atoms with Crippen molar-refractivity contribution in [1.82, 2.24) is 4.98 Å². The van der Waals surface area contributed by atoms with Gasteiger partial charge in [-0.15, -0.1) is 11.3 Å². The number of pyridine rings is 1. The third-order valence-electron chi connectivity index (χ3n) is 3.08. The van der Waals surface area contributed by atoms with Gasteiger partial charge in [-0.05, 0) is 26.8 Å². The molecule has 25 heavy (non-hydrogen) atoms. The number of esters is 2. The van der Waals surface area contributed by atoms with Gasteiger partial charge in [0, 0.05) is 22.7 Å². The van der Waals surface area contributed by atoms with Crippen LogP contribution in [0, 0.1) is 12.1 Å². The summed E-state index contributed by atoms with van der Waals surface area (Å²) in [5, 5.41) is 12.3. The molecule has 2 aromatic rings. The van der Waals surface area contributed by atoms with Crippen LogP contribution in [0.25, 0.3) is 0 Å². The van der Waals surface area contributed by atoms with Crippen LogP contribution in [0.1, 0.15) is 34.8 Å². The molecule has 0 saturated carbocycles. The maximum Gasteiger partial charge on any atom is 0.345 e. The predicted octanol–water partition coefficient (Wildman–Crippen LogP) is 2.52. The minimum absolute atomic E-state index is 0.134. The molecule has 0 aromatic carbocycles. The maximum atomic E-state index is 12.1. The Labute approximate surface area is 153 Å². The average Bonchev–Trinajstić information content (AvgIpc) is 2.89. The van der Waals surface area contributed by atoms with Crippen LogP contribution >= 0.6 is 23.1 Å². The molecule has 134 valence electrons. The first-order valence-electron chi connectivity index (χ1n) is 7.65. The molecular weight excluding hydrogens is 364 g/mol. The van der Waals surface area contributed by atoms with Crippen molar-refractivity contribution >= 4 is 35.0 Å². The van der Waals surface area contributed by atoms with Gasteiger partial charge in [0.2, 0.25) is 0 Å². The van der Waals surface area contributed by atoms with Crippen LogP contribution in [-0.2, 0) is 20.7 Å². The van der Waals surface area contributed by atoms with Crippen LogP contribution in [0.4, 0.5) is 0 Å². The van der Waals surface area contributed by atoms with E-state index >= 15 is 0 Å². The molecule has 0 amide bonds. The van der Waals surface area contributed by atoms with Crippen molar-refractivity contribution in [3.63, 3.8) is 0 Å². The Hall–Kier alpha value is -2.13. The predicted molar refractivity (Wildman–Crippen MR) is 92.7 cm³/mol. The second kappa shape index (κ2) is 8.82. The van der Waals surface area contributed by atoms with Crippen molar-refractivity contribution in [2.45, 2.75) is 36.6 Å². The van der Waals surface area contributed by atoms with Crippen LogP contribution in [0.15, 0.2) is 27.7 Å². The normalized spacial score (nSPS) is 10.5. The number of nitrogens with zero attached hydrogens (tertiary/aromatic N) is 2. The summed E-state index contributed by atoms with van der Waals surface area (Å²) in [5.41, 5.74) is 0.885. The van der Waals surface area contributed by atoms with Gasteiger partial charge < -0.3 is 14.7 Å². The van der Waals surface area contributed by atoms with Crippen molar-refractivity contribution in [2.75, 3.05) is 13.2 Å². The monoisotopic (exact) mass is 382 g/mol. The molecule has 0 aliphatic rings. The zero-order valence-corrected chi connectivity index (χ0v) is 15.7. The Kier molecular flexibility index (Phi) is 6.77. The van der Waals surface area contributed by atoms with Gasteiger partial charge in [-0.25, -0.2) is 9.78 Å². The number of carbonyl (C=O) groups is 2. The number of aromatic nitrogens is 2. The Balaban J connectivity index is 2.25. The Morgan fingerprint density at radius 1 is 1.32 bits per heavy atom. The van der Waals surface area contributed by atoms with Crippen molar-refractivity contribution in [2.24, 2.45) is 0 Å². The van der Waals surface area contributed by atoms with E-state index in [-0.39, 0.29) is 29.6 Å². The fourth-order valence-electron chi connectivity index (χ4n) is 1.97. The van der Waals surface area contributed by atoms with Gasteiger partial charge in [0.1, 0.15) is 5.56 Å². The molecule has 2 aromatic heterocycles. The van der Waals surface area contributed by atoms with Crippen LogP contribution in [0.3, 0.4) is 0 Å². The van der Waals surface area contributed by atoms with Gasteiger partial charge in [-0.1, -0.05) is 0 Å². The summed E-state index contributed by atoms with van der Waals surface area (Å²) in [6.07, 6.45) is 1.44. The molecule has 0 bridgehead atoms. The zero-order valence-electron chi connectivity index (χ0n) is 14.1. The van der Waals surface area contributed by atoms with Crippen LogP contribution < -0.4 is 4.73 Å². The lowest BCUT2D eigenvalue weighted by Crippen LogP contribution is -2.30. The lowest BCUT2D eigenvalue weighted by molar-refractivity contribution is -0.645. The fourth-order valence-corrected chi connectivity index (χ4v) is 4.22. The van der Waals surface area contributed by atoms with E-state index in [4.69, 9.17) is 9.47 Å². The molecule has 9 heteroatoms. The topological polar surface area (TPSA) is 92.4 Å². The molecular formula is C16H18N2O5S2. The van der Waals surface area contributed by atoms with Gasteiger partial charge >= 0.3 is 11.9 Å². The van der Waals surface area contributed by atoms with E-state index in [1.807, 2.05) is 0 Å². The molecule has 0 saturated heterocycles. The molecule has 7 nitrogen and oxygen atoms in total. The largest absolute Gasteiger partial charge is 0.618 e. The number of thiazole rings is 1. The first-order valence-corrected chi connectivity index (χ1v) is 9.28. The number of hydrogen-bond donors (Lipinski definition) is 0. The summed E-state index contributed by atoms with van der Waals surface area (Å²) in [6.45, 7) is 5.78. The molecule has 0 aliphatic carbocycles. The van der Waals surface area contributed by atoms with Crippen molar-refractivity contribution in [1.29, 1.82) is 0 Å². The quantitative estimate of drug-likeness (QED) is 0.413. The summed E-state index contributed by atoms with van der Waals surface area (Å²) >= 11 is 2.37. The second-order valence-corrected chi connectivity index (χ2v) is 7.17. The highest BCUT2D eigenvalue weighted by molar-refractivity contribution is 8.00. The summed E-state index contributed by atoms with van der Waals surface area (Å²) in [7, 11) is 0. The highest BCUT2D eigenvalue weighted by Crippen LogP contribution is 2.33. The van der Waals surface area contributed by atoms with E-state index in [0.717, 1.165) is 16.6 Å². The minimum atomic E-state index is -0.560. The summed E-state index contributed by atoms with van der Waals surface area (Å²) in [4.78, 5) is 28.8. The van der Waals surface area contributed by atoms with E-state index in [1.54, 1.807) is 20.8 Å². The first kappa shape index (κ1) is 19.2. The molecule has 0 radical (unpaired) electrons. The van der Waals surface area contributed by atoms with E-state index < -0.39 is 5.97 Å². The number of carbonyl (C=O) groups excluding carboxylic acids is 2. The standard InChI is InChI=1S/C16H18N2O5S2/c1-4-22-13(19)9-12-10(3)17-16(24-12)25-14-11(15(20)23-5-2)7-6-8-18(14)21/h6-8H,4-5,9H2,1-3H3. The van der Waals surface area contributed by atoms with E-state index in [9.17, 15) is 14.8 Å². The summed E-state index contributed by atoms with van der Waals surface area (Å²) in [6, 6.07) is 3.03. The Morgan fingerprint density at radius 2 is 2.04 bits per heavy atom. The average molecular weight is 382 g/mol. The number of ether oxygens (including phenoxy) is 2. The molecule has 0 N–H and O–H groups in total. The summed E-state index contributed by atoms with van der Waals surface area (Å²) < 4.78 is 11.1. The number of rotatable bonds is 7. The van der Waals surface area contributed by atoms with Gasteiger partial charge in [-0.2, -0.15) is 4.73 Å². The van der Waals surface area contributed by atoms with E-state index in [2.05, 4.69) is 4.98 Å². The number of aryl methyl sites for hydroxylation is 1. The van der Waals surface area contributed by atoms with Crippen molar-refractivity contribution in [3.8, 4) is 0 Å². The molecule has 0 aliphatic heterocycles. The van der Waals surface area contributed by atoms with Crippen molar-refractivity contribution < 1.29 is 23.8 Å². The first-order chi connectivity index (χ1) is 12.0. The van der Waals surface area contributed by atoms with E-state index in [0.29, 0.717) is 21.4 Å². The van der Waals surface area contributed by atoms with E-state index in [1.165, 1.54) is 29.7 Å². The molecule has 0 atom stereocenters. The SMILES string of the molecule is CCOC(=O)Cc1sc(Sc2c(C(=O)OCC)ccc[n+]2[O-])nc1C. The second-order valence-electron chi connectivity index (χ2n) is 4.85. The van der Waals surface area contributed by atoms with Crippen LogP contribution in [0.2, 0.25) is 0 Å². The molecule has 0 spiro atoms. The van der Waals surface area contributed by atoms with Crippen LogP contribution in [0.5, 0.6) is 0 Å². The highest BCUT2D eigenvalue weighted by Gasteiger charge is 2.23. The lowest BCUT2D eigenvalue weighted by Gasteiger charge is -2.07. The molecule has 0 fully saturated rings. The lowest BCUT2D eigenvalue weighted by atomic mass is 10.3. The third kappa shape index (κ3) is 4.93. The van der Waals surface area contributed by atoms with Crippen molar-refractivity contribution in [3.05, 3.63) is 39.7 Å². The fraction of sp³-hybridized carbons (Fsp3) is 0.375. The molecule has 0 unspecified atom stereocenters. The van der Waals surface area contributed by atoms with Gasteiger partial charge in [0.15, 0.2) is 10.5 Å².